The molecule has 196 valence electrons. The van der Waals surface area contributed by atoms with Gasteiger partial charge in [-0.1, -0.05) is 36.4 Å². The highest BCUT2D eigenvalue weighted by molar-refractivity contribution is 8.17. The van der Waals surface area contributed by atoms with Crippen LogP contribution in [0.1, 0.15) is 79.1 Å². The van der Waals surface area contributed by atoms with Gasteiger partial charge < -0.3 is 10.6 Å². The lowest BCUT2D eigenvalue weighted by atomic mass is 9.96. The van der Waals surface area contributed by atoms with Crippen LogP contribution in [-0.2, 0) is 19.2 Å². The van der Waals surface area contributed by atoms with E-state index in [1.54, 1.807) is 13.8 Å². The summed E-state index contributed by atoms with van der Waals surface area (Å²) in [6.45, 7) is 6.29. The van der Waals surface area contributed by atoms with E-state index in [-0.39, 0.29) is 23.4 Å². The Morgan fingerprint density at radius 3 is 1.36 bits per heavy atom. The van der Waals surface area contributed by atoms with E-state index in [2.05, 4.69) is 20.6 Å². The van der Waals surface area contributed by atoms with Gasteiger partial charge in [-0.05, 0) is 89.9 Å². The number of nitrogens with zero attached hydrogens (tertiary/aromatic N) is 2. The van der Waals surface area contributed by atoms with Crippen LogP contribution in [-0.4, -0.2) is 55.3 Å². The molecule has 2 N–H and O–H groups in total. The first kappa shape index (κ1) is 25.9. The molecule has 2 amide bonds. The largest absolute Gasteiger partial charge is 0.304 e. The number of fused-ring (bicyclic) bond motifs is 4. The van der Waals surface area contributed by atoms with Gasteiger partial charge in [0.05, 0.1) is 12.1 Å². The average Bonchev–Trinajstić information content (AvgIpc) is 3.64. The van der Waals surface area contributed by atoms with Gasteiger partial charge in [0.25, 0.3) is 0 Å². The Morgan fingerprint density at radius 1 is 0.722 bits per heavy atom. The Bertz CT molecular complexity index is 979. The zero-order chi connectivity index (χ0) is 25.8. The van der Waals surface area contributed by atoms with Crippen molar-refractivity contribution >= 4 is 57.2 Å². The van der Waals surface area contributed by atoms with Gasteiger partial charge in [0.1, 0.15) is 0 Å². The Kier molecular flexibility index (Phi) is 6.89. The SMILES string of the molecule is CC(=O)[C@@]1(C)SC(=N[C@H]2C[C@@H]3CC[C@H]2C3)NC1=O.CC(=O)[C@]1(C)SC(=N[C@H]2C[C@@H]3CC[C@H]2C3)NC1=O. The minimum absolute atomic E-state index is 0.108. The summed E-state index contributed by atoms with van der Waals surface area (Å²) < 4.78 is -1.95. The van der Waals surface area contributed by atoms with Crippen molar-refractivity contribution in [1.82, 2.24) is 10.6 Å². The molecule has 10 heteroatoms. The van der Waals surface area contributed by atoms with Gasteiger partial charge in [0, 0.05) is 0 Å². The topological polar surface area (TPSA) is 117 Å². The molecule has 0 aromatic carbocycles. The predicted molar refractivity (Wildman–Crippen MR) is 143 cm³/mol. The summed E-state index contributed by atoms with van der Waals surface area (Å²) in [4.78, 5) is 56.2. The minimum Gasteiger partial charge on any atom is -0.304 e. The van der Waals surface area contributed by atoms with Gasteiger partial charge in [0.15, 0.2) is 31.4 Å². The first-order valence-electron chi connectivity index (χ1n) is 13.2. The lowest BCUT2D eigenvalue weighted by Crippen LogP contribution is -2.39. The summed E-state index contributed by atoms with van der Waals surface area (Å²) in [5, 5.41) is 6.83. The van der Waals surface area contributed by atoms with Crippen molar-refractivity contribution in [3.05, 3.63) is 0 Å². The van der Waals surface area contributed by atoms with Crippen LogP contribution >= 0.6 is 23.5 Å². The molecule has 4 bridgehead atoms. The van der Waals surface area contributed by atoms with Crippen LogP contribution in [0.4, 0.5) is 0 Å². The van der Waals surface area contributed by atoms with Crippen molar-refractivity contribution in [3.63, 3.8) is 0 Å². The fraction of sp³-hybridized carbons (Fsp3) is 0.769. The maximum Gasteiger partial charge on any atom is 0.249 e. The highest BCUT2D eigenvalue weighted by Crippen LogP contribution is 2.47. The molecule has 0 radical (unpaired) electrons. The molecule has 4 saturated carbocycles. The molecule has 8 atom stereocenters. The van der Waals surface area contributed by atoms with Gasteiger partial charge in [0.2, 0.25) is 11.8 Å². The molecule has 0 aromatic rings. The summed E-state index contributed by atoms with van der Waals surface area (Å²) in [5.41, 5.74) is 0. The van der Waals surface area contributed by atoms with E-state index in [4.69, 9.17) is 0 Å². The molecule has 4 aliphatic carbocycles. The van der Waals surface area contributed by atoms with Crippen molar-refractivity contribution in [2.24, 2.45) is 33.7 Å². The standard InChI is InChI=1S/2C13H18N2O2S/c2*1-7(16)13(2)11(17)15-12(18-13)14-10-6-8-3-4-9(10)5-8/h2*8-10H,3-6H2,1-2H3,(H,14,15,17)/t8-,9+,10+,13+;8-,9+,10+,13-/m11/s1. The number of amides is 2. The number of nitrogens with one attached hydrogen (secondary N) is 2. The minimum atomic E-state index is -0.976. The molecule has 6 fully saturated rings. The average molecular weight is 533 g/mol. The molecule has 8 nitrogen and oxygen atoms in total. The number of hydrogen-bond donors (Lipinski definition) is 2. The summed E-state index contributed by atoms with van der Waals surface area (Å²) in [6.07, 6.45) is 10.1. The quantitative estimate of drug-likeness (QED) is 0.536. The lowest BCUT2D eigenvalue weighted by molar-refractivity contribution is -0.130. The number of carbonyl (C=O) groups is 4. The molecule has 2 aliphatic heterocycles. The number of hydrogen-bond acceptors (Lipinski definition) is 8. The molecule has 6 rings (SSSR count). The van der Waals surface area contributed by atoms with Crippen LogP contribution in [0, 0.1) is 23.7 Å². The second-order valence-corrected chi connectivity index (χ2v) is 14.5. The van der Waals surface area contributed by atoms with Crippen molar-refractivity contribution in [2.75, 3.05) is 0 Å². The molecule has 36 heavy (non-hydrogen) atoms. The Balaban J connectivity index is 0.000000148. The predicted octanol–water partition coefficient (Wildman–Crippen LogP) is 3.48. The summed E-state index contributed by atoms with van der Waals surface area (Å²) >= 11 is 2.57. The molecule has 0 unspecified atom stereocenters. The van der Waals surface area contributed by atoms with Crippen LogP contribution < -0.4 is 10.6 Å². The Morgan fingerprint density at radius 2 is 1.11 bits per heavy atom. The normalized spacial score (nSPS) is 44.7. The number of ketones is 2. The lowest BCUT2D eigenvalue weighted by Gasteiger charge is -2.18. The summed E-state index contributed by atoms with van der Waals surface area (Å²) in [5.74, 6) is 2.42. The van der Waals surface area contributed by atoms with Crippen LogP contribution in [0.15, 0.2) is 9.98 Å². The first-order chi connectivity index (χ1) is 17.0. The van der Waals surface area contributed by atoms with Crippen LogP contribution in [0.2, 0.25) is 0 Å². The van der Waals surface area contributed by atoms with Gasteiger partial charge in [-0.2, -0.15) is 0 Å². The molecule has 2 heterocycles. The number of amidine groups is 2. The van der Waals surface area contributed by atoms with Gasteiger partial charge in [-0.15, -0.1) is 0 Å². The number of Topliss-reactive ketones (excluding diaryl/α,β-unsaturated/α-hetero) is 2. The van der Waals surface area contributed by atoms with Crippen LogP contribution in [0.3, 0.4) is 0 Å². The van der Waals surface area contributed by atoms with E-state index in [1.165, 1.54) is 75.9 Å². The van der Waals surface area contributed by atoms with Crippen molar-refractivity contribution in [1.29, 1.82) is 0 Å². The van der Waals surface area contributed by atoms with Crippen molar-refractivity contribution in [2.45, 2.75) is 101 Å². The van der Waals surface area contributed by atoms with E-state index in [1.807, 2.05) is 0 Å². The van der Waals surface area contributed by atoms with Gasteiger partial charge in [-0.3, -0.25) is 29.2 Å². The number of rotatable bonds is 4. The molecular weight excluding hydrogens is 496 g/mol. The highest BCUT2D eigenvalue weighted by Gasteiger charge is 2.49. The zero-order valence-electron chi connectivity index (χ0n) is 21.5. The molecule has 6 aliphatic rings. The number of carbonyl (C=O) groups excluding carboxylic acids is 4. The second kappa shape index (κ2) is 9.57. The van der Waals surface area contributed by atoms with Crippen LogP contribution in [0.5, 0.6) is 0 Å². The second-order valence-electron chi connectivity index (χ2n) is 11.6. The number of thioether (sulfide) groups is 2. The van der Waals surface area contributed by atoms with Gasteiger partial charge in [-0.25, -0.2) is 0 Å². The first-order valence-corrected chi connectivity index (χ1v) is 14.8. The third-order valence-electron chi connectivity index (χ3n) is 9.22. The number of aliphatic imine (C=N–C) groups is 2. The maximum atomic E-state index is 11.8. The van der Waals surface area contributed by atoms with Crippen molar-refractivity contribution < 1.29 is 19.2 Å². The molecular formula is C26H36N4O4S2. The summed E-state index contributed by atoms with van der Waals surface area (Å²) in [6, 6.07) is 0.724. The smallest absolute Gasteiger partial charge is 0.249 e. The fourth-order valence-electron chi connectivity index (χ4n) is 6.58. The Hall–Kier alpha value is -1.68. The molecule has 0 aromatic heterocycles. The third kappa shape index (κ3) is 4.68. The van der Waals surface area contributed by atoms with E-state index in [0.29, 0.717) is 34.3 Å². The Labute approximate surface area is 221 Å². The van der Waals surface area contributed by atoms with E-state index in [9.17, 15) is 19.2 Å². The maximum absolute atomic E-state index is 11.8. The fourth-order valence-corrected chi connectivity index (χ4v) is 8.60. The van der Waals surface area contributed by atoms with Crippen molar-refractivity contribution in [3.8, 4) is 0 Å². The van der Waals surface area contributed by atoms with E-state index in [0.717, 1.165) is 24.7 Å². The highest BCUT2D eigenvalue weighted by atomic mass is 32.2. The van der Waals surface area contributed by atoms with E-state index >= 15 is 0 Å². The third-order valence-corrected chi connectivity index (χ3v) is 11.8. The molecule has 2 saturated heterocycles. The molecule has 0 spiro atoms. The monoisotopic (exact) mass is 532 g/mol. The van der Waals surface area contributed by atoms with Crippen LogP contribution in [0.25, 0.3) is 0 Å². The van der Waals surface area contributed by atoms with Gasteiger partial charge >= 0.3 is 0 Å². The van der Waals surface area contributed by atoms with E-state index < -0.39 is 9.49 Å². The zero-order valence-corrected chi connectivity index (χ0v) is 23.1. The summed E-state index contributed by atoms with van der Waals surface area (Å²) in [7, 11) is 0.